The van der Waals surface area contributed by atoms with Gasteiger partial charge >= 0.3 is 0 Å². The van der Waals surface area contributed by atoms with Crippen molar-refractivity contribution in [3.8, 4) is 0 Å². The molecule has 3 rings (SSSR count). The van der Waals surface area contributed by atoms with E-state index in [-0.39, 0.29) is 12.5 Å². The fraction of sp³-hybridized carbons (Fsp3) is 0.174. The predicted molar refractivity (Wildman–Crippen MR) is 118 cm³/mol. The number of carbonyl (C=O) groups is 1. The van der Waals surface area contributed by atoms with E-state index < -0.39 is 15.8 Å². The number of sulfonamides is 1. The number of benzene rings is 3. The number of anilines is 2. The van der Waals surface area contributed by atoms with Crippen LogP contribution in [-0.4, -0.2) is 20.6 Å². The highest BCUT2D eigenvalue weighted by atomic mass is 32.2. The van der Waals surface area contributed by atoms with Crippen molar-refractivity contribution in [3.63, 3.8) is 0 Å². The number of hydrogen-bond donors (Lipinski definition) is 1. The zero-order chi connectivity index (χ0) is 21.9. The minimum Gasteiger partial charge on any atom is -0.322 e. The Hall–Kier alpha value is -3.19. The number of nitrogens with zero attached hydrogens (tertiary/aromatic N) is 1. The van der Waals surface area contributed by atoms with Crippen LogP contribution < -0.4 is 9.62 Å². The van der Waals surface area contributed by atoms with Crippen molar-refractivity contribution in [2.75, 3.05) is 15.9 Å². The fourth-order valence-electron chi connectivity index (χ4n) is 3.07. The molecule has 0 atom stereocenters. The summed E-state index contributed by atoms with van der Waals surface area (Å²) >= 11 is 0. The highest BCUT2D eigenvalue weighted by Gasteiger charge is 2.20. The van der Waals surface area contributed by atoms with E-state index in [9.17, 15) is 17.6 Å². The van der Waals surface area contributed by atoms with Crippen LogP contribution in [0.3, 0.4) is 0 Å². The molecule has 0 spiro atoms. The maximum Gasteiger partial charge on any atom is 0.255 e. The molecule has 7 heteroatoms. The second-order valence-corrected chi connectivity index (χ2v) is 9.13. The number of nitrogens with one attached hydrogen (secondary N) is 1. The topological polar surface area (TPSA) is 66.5 Å². The van der Waals surface area contributed by atoms with Crippen LogP contribution in [0.5, 0.6) is 0 Å². The summed E-state index contributed by atoms with van der Waals surface area (Å²) < 4.78 is 39.5. The number of aryl methyl sites for hydroxylation is 2. The van der Waals surface area contributed by atoms with Crippen molar-refractivity contribution < 1.29 is 17.6 Å². The number of amides is 1. The molecule has 0 heterocycles. The van der Waals surface area contributed by atoms with E-state index >= 15 is 0 Å². The van der Waals surface area contributed by atoms with Crippen LogP contribution in [0.1, 0.15) is 27.0 Å². The van der Waals surface area contributed by atoms with Gasteiger partial charge in [-0.15, -0.1) is 0 Å². The highest BCUT2D eigenvalue weighted by molar-refractivity contribution is 7.92. The first-order chi connectivity index (χ1) is 14.1. The summed E-state index contributed by atoms with van der Waals surface area (Å²) in [5.74, 6) is -0.808. The average Bonchev–Trinajstić information content (AvgIpc) is 2.68. The van der Waals surface area contributed by atoms with Gasteiger partial charge in [0.1, 0.15) is 5.82 Å². The third-order valence-electron chi connectivity index (χ3n) is 4.66. The van der Waals surface area contributed by atoms with Gasteiger partial charge in [0, 0.05) is 11.3 Å². The van der Waals surface area contributed by atoms with Crippen molar-refractivity contribution in [2.24, 2.45) is 0 Å². The van der Waals surface area contributed by atoms with E-state index in [4.69, 9.17) is 0 Å². The van der Waals surface area contributed by atoms with E-state index in [1.807, 2.05) is 32.0 Å². The van der Waals surface area contributed by atoms with E-state index in [0.717, 1.165) is 16.7 Å². The molecule has 5 nitrogen and oxygen atoms in total. The van der Waals surface area contributed by atoms with Crippen LogP contribution in [0.15, 0.2) is 66.7 Å². The van der Waals surface area contributed by atoms with Crippen LogP contribution in [0.4, 0.5) is 15.8 Å². The molecule has 0 saturated heterocycles. The molecule has 0 aliphatic heterocycles. The predicted octanol–water partition coefficient (Wildman–Crippen LogP) is 4.66. The Bertz CT molecular complexity index is 1180. The maximum absolute atomic E-state index is 13.3. The van der Waals surface area contributed by atoms with Gasteiger partial charge in [-0.05, 0) is 66.9 Å². The summed E-state index contributed by atoms with van der Waals surface area (Å²) in [5, 5.41) is 2.64. The summed E-state index contributed by atoms with van der Waals surface area (Å²) in [6.45, 7) is 3.93. The molecule has 30 heavy (non-hydrogen) atoms. The van der Waals surface area contributed by atoms with Gasteiger partial charge in [-0.25, -0.2) is 12.8 Å². The van der Waals surface area contributed by atoms with Crippen molar-refractivity contribution in [1.29, 1.82) is 0 Å². The molecule has 0 aromatic heterocycles. The quantitative estimate of drug-likeness (QED) is 0.623. The smallest absolute Gasteiger partial charge is 0.255 e. The SMILES string of the molecule is Cc1ccc(C)c(N(Cc2ccc(C(=O)Nc3cccc(F)c3)cc2)S(C)(=O)=O)c1. The first-order valence-corrected chi connectivity index (χ1v) is 11.2. The highest BCUT2D eigenvalue weighted by Crippen LogP contribution is 2.26. The minimum atomic E-state index is -3.51. The molecule has 0 radical (unpaired) electrons. The number of carbonyl (C=O) groups excluding carboxylic acids is 1. The first kappa shape index (κ1) is 21.5. The summed E-state index contributed by atoms with van der Waals surface area (Å²) in [4.78, 5) is 12.4. The van der Waals surface area contributed by atoms with Gasteiger partial charge in [0.05, 0.1) is 18.5 Å². The van der Waals surface area contributed by atoms with Crippen LogP contribution in [0.25, 0.3) is 0 Å². The molecule has 0 bridgehead atoms. The zero-order valence-corrected chi connectivity index (χ0v) is 17.8. The normalized spacial score (nSPS) is 11.2. The van der Waals surface area contributed by atoms with Crippen molar-refractivity contribution in [3.05, 3.63) is 94.8 Å². The van der Waals surface area contributed by atoms with E-state index in [1.54, 1.807) is 30.3 Å². The van der Waals surface area contributed by atoms with Gasteiger partial charge in [-0.2, -0.15) is 0 Å². The summed E-state index contributed by atoms with van der Waals surface area (Å²) in [7, 11) is -3.51. The molecular formula is C23H23FN2O3S. The molecule has 0 aliphatic rings. The van der Waals surface area contributed by atoms with Gasteiger partial charge in [0.25, 0.3) is 5.91 Å². The average molecular weight is 427 g/mol. The van der Waals surface area contributed by atoms with Gasteiger partial charge < -0.3 is 5.32 Å². The summed E-state index contributed by atoms with van der Waals surface area (Å²) in [6, 6.07) is 18.0. The van der Waals surface area contributed by atoms with Gasteiger partial charge in [-0.3, -0.25) is 9.10 Å². The van der Waals surface area contributed by atoms with Crippen LogP contribution in [-0.2, 0) is 16.6 Å². The second kappa shape index (κ2) is 8.67. The maximum atomic E-state index is 13.3. The number of halogens is 1. The monoisotopic (exact) mass is 426 g/mol. The largest absolute Gasteiger partial charge is 0.322 e. The zero-order valence-electron chi connectivity index (χ0n) is 17.0. The number of hydrogen-bond acceptors (Lipinski definition) is 3. The Labute approximate surface area is 176 Å². The Morgan fingerprint density at radius 3 is 2.33 bits per heavy atom. The molecule has 3 aromatic carbocycles. The molecule has 0 unspecified atom stereocenters. The first-order valence-electron chi connectivity index (χ1n) is 9.34. The molecular weight excluding hydrogens is 403 g/mol. The Kier molecular flexibility index (Phi) is 6.22. The van der Waals surface area contributed by atoms with Crippen molar-refractivity contribution in [2.45, 2.75) is 20.4 Å². The van der Waals surface area contributed by atoms with Crippen molar-refractivity contribution >= 4 is 27.3 Å². The summed E-state index contributed by atoms with van der Waals surface area (Å²) in [5.41, 5.74) is 3.95. The lowest BCUT2D eigenvalue weighted by molar-refractivity contribution is 0.102. The Morgan fingerprint density at radius 2 is 1.70 bits per heavy atom. The minimum absolute atomic E-state index is 0.148. The standard InChI is InChI=1S/C23H23FN2O3S/c1-16-7-8-17(2)22(13-16)26(30(3,28)29)15-18-9-11-19(12-10-18)23(27)25-21-6-4-5-20(24)14-21/h4-14H,15H2,1-3H3,(H,25,27). The van der Waals surface area contributed by atoms with Crippen LogP contribution in [0, 0.1) is 19.7 Å². The lowest BCUT2D eigenvalue weighted by Gasteiger charge is -2.25. The Morgan fingerprint density at radius 1 is 1.00 bits per heavy atom. The summed E-state index contributed by atoms with van der Waals surface area (Å²) in [6.07, 6.45) is 1.18. The molecule has 0 aliphatic carbocycles. The second-order valence-electron chi connectivity index (χ2n) is 7.22. The van der Waals surface area contributed by atoms with Gasteiger partial charge in [-0.1, -0.05) is 30.3 Å². The lowest BCUT2D eigenvalue weighted by Crippen LogP contribution is -2.30. The molecule has 3 aromatic rings. The third kappa shape index (κ3) is 5.24. The van der Waals surface area contributed by atoms with Crippen LogP contribution in [0.2, 0.25) is 0 Å². The van der Waals surface area contributed by atoms with Gasteiger partial charge in [0.2, 0.25) is 10.0 Å². The lowest BCUT2D eigenvalue weighted by atomic mass is 10.1. The Balaban J connectivity index is 1.80. The van der Waals surface area contributed by atoms with E-state index in [1.165, 1.54) is 28.8 Å². The van der Waals surface area contributed by atoms with Crippen molar-refractivity contribution in [1.82, 2.24) is 0 Å². The molecule has 1 amide bonds. The molecule has 156 valence electrons. The van der Waals surface area contributed by atoms with Gasteiger partial charge in [0.15, 0.2) is 0 Å². The van der Waals surface area contributed by atoms with E-state index in [0.29, 0.717) is 16.9 Å². The van der Waals surface area contributed by atoms with E-state index in [2.05, 4.69) is 5.32 Å². The number of rotatable bonds is 6. The third-order valence-corrected chi connectivity index (χ3v) is 5.78. The molecule has 0 saturated carbocycles. The van der Waals surface area contributed by atoms with Crippen LogP contribution >= 0.6 is 0 Å². The fourth-order valence-corrected chi connectivity index (χ4v) is 4.00. The molecule has 1 N–H and O–H groups in total. The molecule has 0 fully saturated rings.